The lowest BCUT2D eigenvalue weighted by Gasteiger charge is -2.09. The summed E-state index contributed by atoms with van der Waals surface area (Å²) in [5.74, 6) is 1.61. The van der Waals surface area contributed by atoms with Crippen LogP contribution in [-0.4, -0.2) is 31.9 Å². The van der Waals surface area contributed by atoms with Crippen LogP contribution in [0.15, 0.2) is 58.5 Å². The Kier molecular flexibility index (Phi) is 5.85. The van der Waals surface area contributed by atoms with E-state index in [1.54, 1.807) is 16.6 Å². The molecule has 154 valence electrons. The Morgan fingerprint density at radius 2 is 1.97 bits per heavy atom. The van der Waals surface area contributed by atoms with E-state index in [0.717, 1.165) is 17.9 Å². The van der Waals surface area contributed by atoms with Crippen molar-refractivity contribution in [1.82, 2.24) is 19.6 Å². The number of aryl methyl sites for hydroxylation is 2. The largest absolute Gasteiger partial charge is 0.494 e. The molecular formula is C22H21FN4O2S. The van der Waals surface area contributed by atoms with Gasteiger partial charge >= 0.3 is 0 Å². The minimum atomic E-state index is -0.361. The number of ether oxygens (including phenoxy) is 1. The fraction of sp³-hybridized carbons (Fsp3) is 0.227. The second kappa shape index (κ2) is 8.71. The highest BCUT2D eigenvalue weighted by atomic mass is 32.2. The molecule has 0 radical (unpaired) electrons. The molecule has 0 fully saturated rings. The van der Waals surface area contributed by atoms with Gasteiger partial charge in [0.05, 0.1) is 6.61 Å². The number of fused-ring (bicyclic) bond motifs is 1. The van der Waals surface area contributed by atoms with Crippen LogP contribution in [0.25, 0.3) is 17.0 Å². The van der Waals surface area contributed by atoms with Crippen LogP contribution in [-0.2, 0) is 0 Å². The van der Waals surface area contributed by atoms with Gasteiger partial charge in [-0.3, -0.25) is 9.89 Å². The van der Waals surface area contributed by atoms with E-state index in [0.29, 0.717) is 28.8 Å². The van der Waals surface area contributed by atoms with E-state index >= 15 is 0 Å². The summed E-state index contributed by atoms with van der Waals surface area (Å²) in [5.41, 5.74) is 3.18. The number of hydrogen-bond acceptors (Lipinski definition) is 5. The first-order valence-electron chi connectivity index (χ1n) is 9.58. The Labute approximate surface area is 177 Å². The lowest BCUT2D eigenvalue weighted by atomic mass is 10.1. The molecule has 0 saturated heterocycles. The molecule has 0 amide bonds. The number of rotatable bonds is 7. The minimum Gasteiger partial charge on any atom is -0.494 e. The molecule has 0 unspecified atom stereocenters. The monoisotopic (exact) mass is 424 g/mol. The third kappa shape index (κ3) is 4.54. The third-order valence-electron chi connectivity index (χ3n) is 4.67. The predicted octanol–water partition coefficient (Wildman–Crippen LogP) is 4.40. The van der Waals surface area contributed by atoms with Gasteiger partial charge in [-0.05, 0) is 55.7 Å². The number of thioether (sulfide) groups is 1. The van der Waals surface area contributed by atoms with Crippen LogP contribution in [0.4, 0.5) is 4.39 Å². The molecule has 8 heteroatoms. The average molecular weight is 425 g/mol. The molecule has 0 aliphatic rings. The van der Waals surface area contributed by atoms with Crippen molar-refractivity contribution < 1.29 is 9.13 Å². The fourth-order valence-corrected chi connectivity index (χ4v) is 3.82. The van der Waals surface area contributed by atoms with E-state index in [2.05, 4.69) is 28.9 Å². The topological polar surface area (TPSA) is 72.3 Å². The molecule has 2 heterocycles. The van der Waals surface area contributed by atoms with Crippen molar-refractivity contribution in [3.63, 3.8) is 0 Å². The number of hydrogen-bond donors (Lipinski definition) is 1. The molecule has 1 N–H and O–H groups in total. The Morgan fingerprint density at radius 3 is 2.77 bits per heavy atom. The summed E-state index contributed by atoms with van der Waals surface area (Å²) >= 11 is 1.48. The zero-order valence-corrected chi connectivity index (χ0v) is 17.5. The second-order valence-electron chi connectivity index (χ2n) is 6.95. The minimum absolute atomic E-state index is 0.263. The van der Waals surface area contributed by atoms with E-state index in [-0.39, 0.29) is 11.4 Å². The average Bonchev–Trinajstić information content (AvgIpc) is 3.10. The fourth-order valence-electron chi connectivity index (χ4n) is 2.95. The molecule has 0 saturated carbocycles. The molecule has 4 rings (SSSR count). The van der Waals surface area contributed by atoms with Crippen molar-refractivity contribution in [3.05, 3.63) is 75.8 Å². The lowest BCUT2D eigenvalue weighted by molar-refractivity contribution is 0.318. The van der Waals surface area contributed by atoms with Gasteiger partial charge in [-0.2, -0.15) is 0 Å². The normalized spacial score (nSPS) is 11.2. The summed E-state index contributed by atoms with van der Waals surface area (Å²) < 4.78 is 21.0. The Balaban J connectivity index is 1.46. The molecule has 6 nitrogen and oxygen atoms in total. The van der Waals surface area contributed by atoms with Crippen LogP contribution in [0.3, 0.4) is 0 Å². The Hall–Kier alpha value is -3.13. The van der Waals surface area contributed by atoms with Crippen LogP contribution < -0.4 is 10.3 Å². The molecule has 0 aliphatic carbocycles. The van der Waals surface area contributed by atoms with E-state index in [4.69, 9.17) is 4.74 Å². The smallest absolute Gasteiger partial charge is 0.266 e. The number of halogens is 1. The maximum Gasteiger partial charge on any atom is 0.266 e. The number of H-pyrrole nitrogens is 1. The first kappa shape index (κ1) is 20.2. The Bertz CT molecular complexity index is 1250. The molecule has 0 spiro atoms. The number of aromatic amines is 1. The number of aromatic nitrogens is 4. The summed E-state index contributed by atoms with van der Waals surface area (Å²) in [6.07, 6.45) is 0.796. The first-order chi connectivity index (χ1) is 14.5. The van der Waals surface area contributed by atoms with Crippen molar-refractivity contribution in [2.75, 3.05) is 12.4 Å². The summed E-state index contributed by atoms with van der Waals surface area (Å²) in [7, 11) is 0. The van der Waals surface area contributed by atoms with Crippen molar-refractivity contribution in [1.29, 1.82) is 0 Å². The maximum absolute atomic E-state index is 13.6. The summed E-state index contributed by atoms with van der Waals surface area (Å²) in [6.45, 7) is 4.71. The SMILES string of the molecule is Cc1ccc(OCCCSc2nc(-c3cccc(F)c3)nc3cc(=O)[nH]n23)cc1C. The maximum atomic E-state index is 13.6. The van der Waals surface area contributed by atoms with Crippen LogP contribution in [0.5, 0.6) is 5.75 Å². The summed E-state index contributed by atoms with van der Waals surface area (Å²) in [6, 6.07) is 13.6. The van der Waals surface area contributed by atoms with Crippen molar-refractivity contribution >= 4 is 17.4 Å². The first-order valence-corrected chi connectivity index (χ1v) is 10.6. The van der Waals surface area contributed by atoms with Crippen molar-refractivity contribution in [2.24, 2.45) is 0 Å². The molecule has 2 aromatic carbocycles. The van der Waals surface area contributed by atoms with Crippen LogP contribution in [0.1, 0.15) is 17.5 Å². The lowest BCUT2D eigenvalue weighted by Crippen LogP contribution is -2.05. The number of nitrogens with one attached hydrogen (secondary N) is 1. The molecule has 30 heavy (non-hydrogen) atoms. The van der Waals surface area contributed by atoms with Gasteiger partial charge < -0.3 is 4.74 Å². The number of benzene rings is 2. The molecule has 0 bridgehead atoms. The zero-order chi connectivity index (χ0) is 21.1. The van der Waals surface area contributed by atoms with Crippen LogP contribution in [0.2, 0.25) is 0 Å². The van der Waals surface area contributed by atoms with Gasteiger partial charge in [0.25, 0.3) is 5.56 Å². The standard InChI is InChI=1S/C22H21FN4O2S/c1-14-7-8-18(11-15(14)2)29-9-4-10-30-22-25-21(16-5-3-6-17(23)12-16)24-19-13-20(28)26-27(19)22/h3,5-8,11-13H,4,9-10H2,1-2H3,(H,26,28). The zero-order valence-electron chi connectivity index (χ0n) is 16.7. The quantitative estimate of drug-likeness (QED) is 0.352. The van der Waals surface area contributed by atoms with E-state index in [1.165, 1.54) is 41.1 Å². The number of nitrogens with zero attached hydrogens (tertiary/aromatic N) is 3. The van der Waals surface area contributed by atoms with Crippen molar-refractivity contribution in [2.45, 2.75) is 25.4 Å². The van der Waals surface area contributed by atoms with Crippen molar-refractivity contribution in [3.8, 4) is 17.1 Å². The summed E-state index contributed by atoms with van der Waals surface area (Å²) in [4.78, 5) is 20.7. The van der Waals surface area contributed by atoms with Gasteiger partial charge in [0.1, 0.15) is 11.6 Å². The van der Waals surface area contributed by atoms with E-state index in [9.17, 15) is 9.18 Å². The highest BCUT2D eigenvalue weighted by molar-refractivity contribution is 7.99. The molecule has 0 atom stereocenters. The molecule has 2 aromatic heterocycles. The van der Waals surface area contributed by atoms with Gasteiger partial charge in [-0.25, -0.2) is 18.9 Å². The van der Waals surface area contributed by atoms with Gasteiger partial charge in [-0.15, -0.1) is 0 Å². The van der Waals surface area contributed by atoms with Crippen LogP contribution in [0, 0.1) is 19.7 Å². The second-order valence-corrected chi connectivity index (χ2v) is 8.01. The van der Waals surface area contributed by atoms with E-state index < -0.39 is 0 Å². The highest BCUT2D eigenvalue weighted by Gasteiger charge is 2.12. The highest BCUT2D eigenvalue weighted by Crippen LogP contribution is 2.23. The predicted molar refractivity (Wildman–Crippen MR) is 116 cm³/mol. The molecular weight excluding hydrogens is 403 g/mol. The molecule has 4 aromatic rings. The Morgan fingerprint density at radius 1 is 1.10 bits per heavy atom. The van der Waals surface area contributed by atoms with Gasteiger partial charge in [0.2, 0.25) is 0 Å². The van der Waals surface area contributed by atoms with Crippen LogP contribution >= 0.6 is 11.8 Å². The molecule has 0 aliphatic heterocycles. The van der Waals surface area contributed by atoms with Gasteiger partial charge in [0.15, 0.2) is 16.6 Å². The van der Waals surface area contributed by atoms with Gasteiger partial charge in [0, 0.05) is 17.4 Å². The summed E-state index contributed by atoms with van der Waals surface area (Å²) in [5, 5.41) is 3.30. The van der Waals surface area contributed by atoms with Gasteiger partial charge in [-0.1, -0.05) is 30.0 Å². The third-order valence-corrected chi connectivity index (χ3v) is 5.70. The van der Waals surface area contributed by atoms with E-state index in [1.807, 2.05) is 18.2 Å².